The molecule has 0 aromatic carbocycles. The zero-order chi connectivity index (χ0) is 13.5. The summed E-state index contributed by atoms with van der Waals surface area (Å²) in [4.78, 5) is 16.0. The Hall–Kier alpha value is -1.36. The van der Waals surface area contributed by atoms with Crippen LogP contribution in [0.4, 0.5) is 5.82 Å². The average molecular weight is 265 g/mol. The number of hydrogen-bond acceptors (Lipinski definition) is 4. The minimum absolute atomic E-state index is 0.0670. The molecule has 1 N–H and O–H groups in total. The van der Waals surface area contributed by atoms with E-state index >= 15 is 0 Å². The van der Waals surface area contributed by atoms with Gasteiger partial charge in [-0.15, -0.1) is 0 Å². The van der Waals surface area contributed by atoms with Crippen LogP contribution < -0.4 is 10.9 Å². The normalized spacial score (nSPS) is 16.5. The Morgan fingerprint density at radius 3 is 2.95 bits per heavy atom. The number of rotatable bonds is 6. The molecule has 5 nitrogen and oxygen atoms in total. The number of aromatic nitrogens is 2. The number of aryl methyl sites for hydroxylation is 1. The number of hydrogen-bond donors (Lipinski definition) is 1. The lowest BCUT2D eigenvalue weighted by atomic mass is 9.98. The van der Waals surface area contributed by atoms with Crippen LogP contribution in [-0.4, -0.2) is 28.8 Å². The predicted molar refractivity (Wildman–Crippen MR) is 75.5 cm³/mol. The van der Waals surface area contributed by atoms with Crippen LogP contribution in [0.3, 0.4) is 0 Å². The van der Waals surface area contributed by atoms with Gasteiger partial charge in [0.2, 0.25) is 0 Å². The largest absolute Gasteiger partial charge is 0.376 e. The van der Waals surface area contributed by atoms with Gasteiger partial charge in [-0.05, 0) is 19.8 Å². The monoisotopic (exact) mass is 265 g/mol. The number of nitrogens with one attached hydrogen (secondary N) is 1. The van der Waals surface area contributed by atoms with Crippen molar-refractivity contribution in [3.05, 3.63) is 22.7 Å². The maximum Gasteiger partial charge on any atom is 0.293 e. The van der Waals surface area contributed by atoms with Gasteiger partial charge in [-0.3, -0.25) is 4.79 Å². The third kappa shape index (κ3) is 4.06. The van der Waals surface area contributed by atoms with Crippen LogP contribution in [0.15, 0.2) is 17.2 Å². The average Bonchev–Trinajstić information content (AvgIpc) is 2.46. The molecule has 2 rings (SSSR count). The standard InChI is InChI=1S/C14H23N3O2/c1-2-17-10-8-15-13(14(17)18)16-9-11-19-12-6-4-3-5-7-12/h8,10,12H,2-7,9,11H2,1H3,(H,15,16). The second kappa shape index (κ2) is 7.28. The van der Waals surface area contributed by atoms with Gasteiger partial charge in [0.05, 0.1) is 12.7 Å². The Morgan fingerprint density at radius 1 is 1.42 bits per heavy atom. The second-order valence-corrected chi connectivity index (χ2v) is 4.92. The van der Waals surface area contributed by atoms with E-state index in [1.807, 2.05) is 6.92 Å². The fraction of sp³-hybridized carbons (Fsp3) is 0.714. The summed E-state index contributed by atoms with van der Waals surface area (Å²) in [5.41, 5.74) is -0.0670. The molecule has 0 spiro atoms. The highest BCUT2D eigenvalue weighted by atomic mass is 16.5. The van der Waals surface area contributed by atoms with Crippen molar-refractivity contribution in [2.75, 3.05) is 18.5 Å². The van der Waals surface area contributed by atoms with Gasteiger partial charge in [0, 0.05) is 25.5 Å². The number of ether oxygens (including phenoxy) is 1. The highest BCUT2D eigenvalue weighted by Gasteiger charge is 2.13. The Bertz CT molecular complexity index is 439. The summed E-state index contributed by atoms with van der Waals surface area (Å²) < 4.78 is 7.44. The van der Waals surface area contributed by atoms with E-state index in [2.05, 4.69) is 10.3 Å². The number of anilines is 1. The van der Waals surface area contributed by atoms with E-state index in [4.69, 9.17) is 4.74 Å². The summed E-state index contributed by atoms with van der Waals surface area (Å²) in [5.74, 6) is 0.414. The van der Waals surface area contributed by atoms with E-state index in [9.17, 15) is 4.79 Å². The first kappa shape index (κ1) is 14.1. The summed E-state index contributed by atoms with van der Waals surface area (Å²) in [6, 6.07) is 0. The summed E-state index contributed by atoms with van der Waals surface area (Å²) >= 11 is 0. The highest BCUT2D eigenvalue weighted by Crippen LogP contribution is 2.19. The Kier molecular flexibility index (Phi) is 5.39. The van der Waals surface area contributed by atoms with Crippen molar-refractivity contribution >= 4 is 5.82 Å². The molecule has 1 heterocycles. The third-order valence-electron chi connectivity index (χ3n) is 3.55. The fourth-order valence-electron chi connectivity index (χ4n) is 2.44. The van der Waals surface area contributed by atoms with Crippen LogP contribution in [0.2, 0.25) is 0 Å². The lowest BCUT2D eigenvalue weighted by molar-refractivity contribution is 0.0347. The van der Waals surface area contributed by atoms with Crippen LogP contribution in [-0.2, 0) is 11.3 Å². The molecule has 0 unspecified atom stereocenters. The van der Waals surface area contributed by atoms with E-state index in [0.717, 1.165) is 0 Å². The molecule has 1 aliphatic rings. The molecule has 1 aromatic rings. The number of nitrogens with zero attached hydrogens (tertiary/aromatic N) is 2. The molecule has 1 aliphatic carbocycles. The van der Waals surface area contributed by atoms with Crippen molar-refractivity contribution in [2.24, 2.45) is 0 Å². The maximum absolute atomic E-state index is 11.9. The topological polar surface area (TPSA) is 56.1 Å². The molecule has 1 saturated carbocycles. The quantitative estimate of drug-likeness (QED) is 0.800. The van der Waals surface area contributed by atoms with Gasteiger partial charge in [0.1, 0.15) is 0 Å². The van der Waals surface area contributed by atoms with Gasteiger partial charge in [0.15, 0.2) is 5.82 Å². The van der Waals surface area contributed by atoms with E-state index < -0.39 is 0 Å². The summed E-state index contributed by atoms with van der Waals surface area (Å²) in [7, 11) is 0. The summed E-state index contributed by atoms with van der Waals surface area (Å²) in [6.07, 6.45) is 9.99. The molecule has 19 heavy (non-hydrogen) atoms. The van der Waals surface area contributed by atoms with Crippen LogP contribution in [0.1, 0.15) is 39.0 Å². The summed E-state index contributed by atoms with van der Waals surface area (Å²) in [6.45, 7) is 3.87. The zero-order valence-electron chi connectivity index (χ0n) is 11.6. The van der Waals surface area contributed by atoms with Gasteiger partial charge < -0.3 is 14.6 Å². The molecule has 5 heteroatoms. The molecule has 0 aliphatic heterocycles. The molecule has 1 aromatic heterocycles. The Labute approximate surface area is 114 Å². The van der Waals surface area contributed by atoms with Gasteiger partial charge in [0.25, 0.3) is 5.56 Å². The van der Waals surface area contributed by atoms with Gasteiger partial charge in [-0.25, -0.2) is 4.98 Å². The molecular formula is C14H23N3O2. The van der Waals surface area contributed by atoms with Gasteiger partial charge >= 0.3 is 0 Å². The first-order valence-corrected chi connectivity index (χ1v) is 7.22. The molecule has 0 amide bonds. The van der Waals surface area contributed by atoms with Crippen LogP contribution >= 0.6 is 0 Å². The SMILES string of the molecule is CCn1ccnc(NCCOC2CCCCC2)c1=O. The summed E-state index contributed by atoms with van der Waals surface area (Å²) in [5, 5.41) is 3.06. The molecule has 0 radical (unpaired) electrons. The third-order valence-corrected chi connectivity index (χ3v) is 3.55. The van der Waals surface area contributed by atoms with E-state index in [-0.39, 0.29) is 5.56 Å². The van der Waals surface area contributed by atoms with Crippen LogP contribution in [0, 0.1) is 0 Å². The van der Waals surface area contributed by atoms with Gasteiger partial charge in [-0.1, -0.05) is 19.3 Å². The lowest BCUT2D eigenvalue weighted by Crippen LogP contribution is -2.26. The lowest BCUT2D eigenvalue weighted by Gasteiger charge is -2.22. The molecule has 1 fully saturated rings. The van der Waals surface area contributed by atoms with Crippen molar-refractivity contribution in [3.8, 4) is 0 Å². The van der Waals surface area contributed by atoms with E-state index in [1.54, 1.807) is 17.0 Å². The first-order valence-electron chi connectivity index (χ1n) is 7.22. The van der Waals surface area contributed by atoms with Crippen LogP contribution in [0.25, 0.3) is 0 Å². The van der Waals surface area contributed by atoms with Crippen molar-refractivity contribution in [2.45, 2.75) is 51.7 Å². The van der Waals surface area contributed by atoms with E-state index in [0.29, 0.717) is 31.6 Å². The molecular weight excluding hydrogens is 242 g/mol. The molecule has 0 atom stereocenters. The first-order chi connectivity index (χ1) is 9.31. The smallest absolute Gasteiger partial charge is 0.293 e. The zero-order valence-corrected chi connectivity index (χ0v) is 11.6. The van der Waals surface area contributed by atoms with Crippen molar-refractivity contribution in [3.63, 3.8) is 0 Å². The van der Waals surface area contributed by atoms with Crippen molar-refractivity contribution in [1.29, 1.82) is 0 Å². The van der Waals surface area contributed by atoms with E-state index in [1.165, 1.54) is 32.1 Å². The highest BCUT2D eigenvalue weighted by molar-refractivity contribution is 5.30. The molecule has 106 valence electrons. The van der Waals surface area contributed by atoms with Crippen molar-refractivity contribution in [1.82, 2.24) is 9.55 Å². The fourth-order valence-corrected chi connectivity index (χ4v) is 2.44. The Balaban J connectivity index is 1.75. The minimum Gasteiger partial charge on any atom is -0.376 e. The Morgan fingerprint density at radius 2 is 2.21 bits per heavy atom. The van der Waals surface area contributed by atoms with Crippen molar-refractivity contribution < 1.29 is 4.74 Å². The molecule has 0 saturated heterocycles. The molecule has 0 bridgehead atoms. The predicted octanol–water partition coefficient (Wildman–Crippen LogP) is 2.02. The minimum atomic E-state index is -0.0670. The van der Waals surface area contributed by atoms with Crippen LogP contribution in [0.5, 0.6) is 0 Å². The maximum atomic E-state index is 11.9. The second-order valence-electron chi connectivity index (χ2n) is 4.92. The van der Waals surface area contributed by atoms with Gasteiger partial charge in [-0.2, -0.15) is 0 Å².